The Hall–Kier alpha value is -3.36. The molecule has 0 aliphatic rings. The second-order valence-corrected chi connectivity index (χ2v) is 4.45. The number of hydrogen-bond acceptors (Lipinski definition) is 6. The van der Waals surface area contributed by atoms with Crippen molar-refractivity contribution in [3.63, 3.8) is 0 Å². The third-order valence-corrected chi connectivity index (χ3v) is 2.80. The quantitative estimate of drug-likeness (QED) is 0.409. The van der Waals surface area contributed by atoms with E-state index in [0.29, 0.717) is 0 Å². The third kappa shape index (κ3) is 4.30. The first kappa shape index (κ1) is 16.0. The zero-order valence-corrected chi connectivity index (χ0v) is 11.8. The molecule has 1 heterocycles. The van der Waals surface area contributed by atoms with Crippen LogP contribution in [0.25, 0.3) is 0 Å². The number of ether oxygens (including phenoxy) is 1. The number of aromatic hydroxyl groups is 1. The van der Waals surface area contributed by atoms with Crippen LogP contribution in [0.3, 0.4) is 0 Å². The highest BCUT2D eigenvalue weighted by molar-refractivity contribution is 5.94. The molecule has 3 N–H and O–H groups in total. The number of para-hydroxylation sites is 2. The molecule has 1 amide bonds. The SMILES string of the molecule is O=C(NCCOc1ccccc1[N+](=O)[O-])c1cc(O)[nH]c(=O)c1. The summed E-state index contributed by atoms with van der Waals surface area (Å²) in [5.41, 5.74) is -0.776. The topological polar surface area (TPSA) is 135 Å². The van der Waals surface area contributed by atoms with Crippen molar-refractivity contribution in [2.24, 2.45) is 0 Å². The van der Waals surface area contributed by atoms with E-state index in [1.54, 1.807) is 6.07 Å². The monoisotopic (exact) mass is 319 g/mol. The molecule has 1 aromatic carbocycles. The molecule has 2 rings (SSSR count). The van der Waals surface area contributed by atoms with Crippen LogP contribution in [0.1, 0.15) is 10.4 Å². The average molecular weight is 319 g/mol. The summed E-state index contributed by atoms with van der Waals surface area (Å²) < 4.78 is 5.26. The Labute approximate surface area is 129 Å². The number of hydrogen-bond donors (Lipinski definition) is 3. The summed E-state index contributed by atoms with van der Waals surface area (Å²) in [6, 6.07) is 8.03. The number of H-pyrrole nitrogens is 1. The standard InChI is InChI=1S/C14H13N3O6/c18-12-7-9(8-13(19)16-12)14(20)15-5-6-23-11-4-2-1-3-10(11)17(21)22/h1-4,7-8H,5-6H2,(H,15,20)(H2,16,18,19). The molecule has 1 aromatic heterocycles. The van der Waals surface area contributed by atoms with Crippen molar-refractivity contribution in [1.82, 2.24) is 10.3 Å². The van der Waals surface area contributed by atoms with Gasteiger partial charge < -0.3 is 15.2 Å². The molecule has 0 aliphatic carbocycles. The second-order valence-electron chi connectivity index (χ2n) is 4.45. The van der Waals surface area contributed by atoms with Gasteiger partial charge in [0, 0.05) is 18.2 Å². The van der Waals surface area contributed by atoms with Gasteiger partial charge in [-0.3, -0.25) is 24.7 Å². The molecule has 0 fully saturated rings. The Morgan fingerprint density at radius 1 is 1.35 bits per heavy atom. The van der Waals surface area contributed by atoms with E-state index in [9.17, 15) is 24.8 Å². The number of aromatic amines is 1. The molecule has 0 saturated heterocycles. The number of pyridine rings is 1. The van der Waals surface area contributed by atoms with Gasteiger partial charge in [0.2, 0.25) is 0 Å². The van der Waals surface area contributed by atoms with Crippen LogP contribution in [0, 0.1) is 10.1 Å². The molecule has 0 radical (unpaired) electrons. The maximum Gasteiger partial charge on any atom is 0.310 e. The van der Waals surface area contributed by atoms with Gasteiger partial charge in [0.05, 0.1) is 17.0 Å². The fraction of sp³-hybridized carbons (Fsp3) is 0.143. The van der Waals surface area contributed by atoms with Crippen LogP contribution in [-0.4, -0.2) is 34.1 Å². The molecule has 9 heteroatoms. The minimum atomic E-state index is -0.605. The van der Waals surface area contributed by atoms with Crippen LogP contribution in [0.15, 0.2) is 41.2 Å². The highest BCUT2D eigenvalue weighted by Gasteiger charge is 2.13. The maximum absolute atomic E-state index is 11.8. The summed E-state index contributed by atoms with van der Waals surface area (Å²) in [4.78, 5) is 35.3. The van der Waals surface area contributed by atoms with Crippen LogP contribution in [0.4, 0.5) is 5.69 Å². The Kier molecular flexibility index (Phi) is 4.92. The normalized spacial score (nSPS) is 10.1. The molecule has 0 spiro atoms. The molecule has 0 saturated carbocycles. The Bertz CT molecular complexity index is 786. The van der Waals surface area contributed by atoms with Crippen molar-refractivity contribution < 1.29 is 19.6 Å². The van der Waals surface area contributed by atoms with Crippen molar-refractivity contribution >= 4 is 11.6 Å². The van der Waals surface area contributed by atoms with Crippen LogP contribution in [0.5, 0.6) is 11.6 Å². The molecular weight excluding hydrogens is 306 g/mol. The van der Waals surface area contributed by atoms with Gasteiger partial charge in [-0.1, -0.05) is 12.1 Å². The minimum Gasteiger partial charge on any atom is -0.494 e. The van der Waals surface area contributed by atoms with E-state index in [4.69, 9.17) is 4.74 Å². The molecule has 23 heavy (non-hydrogen) atoms. The molecular formula is C14H13N3O6. The number of aromatic nitrogens is 1. The van der Waals surface area contributed by atoms with Crippen molar-refractivity contribution in [2.75, 3.05) is 13.2 Å². The van der Waals surface area contributed by atoms with E-state index < -0.39 is 22.3 Å². The van der Waals surface area contributed by atoms with Gasteiger partial charge >= 0.3 is 5.69 Å². The third-order valence-electron chi connectivity index (χ3n) is 2.80. The van der Waals surface area contributed by atoms with Crippen molar-refractivity contribution in [1.29, 1.82) is 0 Å². The predicted molar refractivity (Wildman–Crippen MR) is 79.7 cm³/mol. The lowest BCUT2D eigenvalue weighted by atomic mass is 10.2. The Balaban J connectivity index is 1.89. The zero-order valence-electron chi connectivity index (χ0n) is 11.8. The van der Waals surface area contributed by atoms with Gasteiger partial charge in [0.1, 0.15) is 6.61 Å². The number of rotatable bonds is 6. The number of amides is 1. The number of carbonyl (C=O) groups excluding carboxylic acids is 1. The van der Waals surface area contributed by atoms with E-state index in [-0.39, 0.29) is 30.2 Å². The van der Waals surface area contributed by atoms with Crippen LogP contribution in [-0.2, 0) is 0 Å². The lowest BCUT2D eigenvalue weighted by Crippen LogP contribution is -2.29. The molecule has 0 atom stereocenters. The summed E-state index contributed by atoms with van der Waals surface area (Å²) in [5.74, 6) is -0.892. The fourth-order valence-electron chi connectivity index (χ4n) is 1.82. The predicted octanol–water partition coefficient (Wildman–Crippen LogP) is 0.797. The molecule has 120 valence electrons. The smallest absolute Gasteiger partial charge is 0.310 e. The summed E-state index contributed by atoms with van der Waals surface area (Å²) in [6.45, 7) is 0.0736. The van der Waals surface area contributed by atoms with E-state index in [1.807, 2.05) is 0 Å². The van der Waals surface area contributed by atoms with Gasteiger partial charge in [-0.15, -0.1) is 0 Å². The number of nitrogens with zero attached hydrogens (tertiary/aromatic N) is 1. The first-order valence-electron chi connectivity index (χ1n) is 6.55. The lowest BCUT2D eigenvalue weighted by molar-refractivity contribution is -0.385. The van der Waals surface area contributed by atoms with Gasteiger partial charge in [-0.05, 0) is 6.07 Å². The first-order valence-corrected chi connectivity index (χ1v) is 6.55. The fourth-order valence-corrected chi connectivity index (χ4v) is 1.82. The Morgan fingerprint density at radius 3 is 2.78 bits per heavy atom. The Morgan fingerprint density at radius 2 is 2.09 bits per heavy atom. The molecule has 2 aromatic rings. The highest BCUT2D eigenvalue weighted by atomic mass is 16.6. The lowest BCUT2D eigenvalue weighted by Gasteiger charge is -2.08. The maximum atomic E-state index is 11.8. The number of carbonyl (C=O) groups is 1. The zero-order chi connectivity index (χ0) is 16.8. The summed E-state index contributed by atoms with van der Waals surface area (Å²) in [6.07, 6.45) is 0. The van der Waals surface area contributed by atoms with Crippen molar-refractivity contribution in [2.45, 2.75) is 0 Å². The van der Waals surface area contributed by atoms with Crippen LogP contribution < -0.4 is 15.6 Å². The van der Waals surface area contributed by atoms with Gasteiger partial charge in [0.15, 0.2) is 11.6 Å². The number of nitro benzene ring substituents is 1. The van der Waals surface area contributed by atoms with E-state index in [0.717, 1.165) is 12.1 Å². The first-order chi connectivity index (χ1) is 11.0. The van der Waals surface area contributed by atoms with Gasteiger partial charge in [-0.2, -0.15) is 0 Å². The van der Waals surface area contributed by atoms with Crippen LogP contribution in [0.2, 0.25) is 0 Å². The number of benzene rings is 1. The van der Waals surface area contributed by atoms with Crippen molar-refractivity contribution in [3.05, 3.63) is 62.4 Å². The van der Waals surface area contributed by atoms with Crippen LogP contribution >= 0.6 is 0 Å². The van der Waals surface area contributed by atoms with Gasteiger partial charge in [0.25, 0.3) is 11.5 Å². The summed E-state index contributed by atoms with van der Waals surface area (Å²) >= 11 is 0. The molecule has 9 nitrogen and oxygen atoms in total. The van der Waals surface area contributed by atoms with E-state index in [1.165, 1.54) is 18.2 Å². The summed E-state index contributed by atoms with van der Waals surface area (Å²) in [7, 11) is 0. The average Bonchev–Trinajstić information content (AvgIpc) is 2.50. The summed E-state index contributed by atoms with van der Waals surface area (Å²) in [5, 5.41) is 22.5. The second kappa shape index (κ2) is 7.07. The molecule has 0 aliphatic heterocycles. The van der Waals surface area contributed by atoms with E-state index >= 15 is 0 Å². The largest absolute Gasteiger partial charge is 0.494 e. The molecule has 0 unspecified atom stereocenters. The molecule has 0 bridgehead atoms. The van der Waals surface area contributed by atoms with Gasteiger partial charge in [-0.25, -0.2) is 0 Å². The number of nitrogens with one attached hydrogen (secondary N) is 2. The van der Waals surface area contributed by atoms with E-state index in [2.05, 4.69) is 10.3 Å². The van der Waals surface area contributed by atoms with Crippen molar-refractivity contribution in [3.8, 4) is 11.6 Å². The minimum absolute atomic E-state index is 0.00283. The number of nitro groups is 1. The highest BCUT2D eigenvalue weighted by Crippen LogP contribution is 2.25.